The summed E-state index contributed by atoms with van der Waals surface area (Å²) in [4.78, 5) is 0. The maximum absolute atomic E-state index is 10.5. The summed E-state index contributed by atoms with van der Waals surface area (Å²) in [6, 6.07) is 0. The van der Waals surface area contributed by atoms with Crippen LogP contribution in [0.3, 0.4) is 0 Å². The SMILES string of the molecule is CCCn1ncc(OC)c1C1(O)CC(C)C1. The molecule has 0 amide bonds. The smallest absolute Gasteiger partial charge is 0.162 e. The van der Waals surface area contributed by atoms with Gasteiger partial charge in [-0.25, -0.2) is 0 Å². The lowest BCUT2D eigenvalue weighted by Gasteiger charge is -2.42. The van der Waals surface area contributed by atoms with Gasteiger partial charge in [-0.3, -0.25) is 4.68 Å². The Morgan fingerprint density at radius 3 is 2.81 bits per heavy atom. The molecule has 0 atom stereocenters. The highest BCUT2D eigenvalue weighted by molar-refractivity contribution is 5.32. The van der Waals surface area contributed by atoms with Crippen LogP contribution in [0.2, 0.25) is 0 Å². The van der Waals surface area contributed by atoms with Crippen molar-refractivity contribution in [2.45, 2.75) is 45.3 Å². The van der Waals surface area contributed by atoms with E-state index in [0.717, 1.165) is 31.5 Å². The van der Waals surface area contributed by atoms with E-state index in [1.165, 1.54) is 0 Å². The lowest BCUT2D eigenvalue weighted by molar-refractivity contribution is -0.0818. The highest BCUT2D eigenvalue weighted by Gasteiger charge is 2.46. The third-order valence-electron chi connectivity index (χ3n) is 3.27. The van der Waals surface area contributed by atoms with E-state index in [2.05, 4.69) is 18.9 Å². The number of aromatic nitrogens is 2. The summed E-state index contributed by atoms with van der Waals surface area (Å²) in [6.45, 7) is 5.09. The monoisotopic (exact) mass is 224 g/mol. The van der Waals surface area contributed by atoms with Gasteiger partial charge in [0, 0.05) is 6.54 Å². The Balaban J connectivity index is 2.33. The molecule has 1 aromatic heterocycles. The van der Waals surface area contributed by atoms with E-state index < -0.39 is 5.60 Å². The van der Waals surface area contributed by atoms with Crippen molar-refractivity contribution in [3.8, 4) is 5.75 Å². The molecule has 1 fully saturated rings. The minimum absolute atomic E-state index is 0.583. The summed E-state index contributed by atoms with van der Waals surface area (Å²) >= 11 is 0. The molecule has 1 aliphatic rings. The van der Waals surface area contributed by atoms with E-state index in [-0.39, 0.29) is 0 Å². The molecule has 1 aromatic rings. The fourth-order valence-electron chi connectivity index (χ4n) is 2.65. The number of hydrogen-bond acceptors (Lipinski definition) is 3. The van der Waals surface area contributed by atoms with Crippen molar-refractivity contribution in [3.05, 3.63) is 11.9 Å². The molecule has 2 rings (SSSR count). The lowest BCUT2D eigenvalue weighted by Crippen LogP contribution is -2.42. The van der Waals surface area contributed by atoms with Gasteiger partial charge in [0.1, 0.15) is 11.3 Å². The summed E-state index contributed by atoms with van der Waals surface area (Å²) in [5.41, 5.74) is 0.131. The predicted octanol–water partition coefficient (Wildman–Crippen LogP) is 1.92. The van der Waals surface area contributed by atoms with Crippen LogP contribution in [0, 0.1) is 5.92 Å². The molecular formula is C12H20N2O2. The average molecular weight is 224 g/mol. The van der Waals surface area contributed by atoms with Crippen molar-refractivity contribution >= 4 is 0 Å². The molecule has 4 nitrogen and oxygen atoms in total. The van der Waals surface area contributed by atoms with Crippen molar-refractivity contribution in [3.63, 3.8) is 0 Å². The van der Waals surface area contributed by atoms with Crippen LogP contribution in [0.25, 0.3) is 0 Å². The van der Waals surface area contributed by atoms with Crippen LogP contribution in [0.5, 0.6) is 5.75 Å². The second kappa shape index (κ2) is 4.09. The van der Waals surface area contributed by atoms with E-state index in [1.807, 2.05) is 4.68 Å². The average Bonchev–Trinajstić information content (AvgIpc) is 2.59. The first-order chi connectivity index (χ1) is 7.60. The van der Waals surface area contributed by atoms with Crippen molar-refractivity contribution < 1.29 is 9.84 Å². The van der Waals surface area contributed by atoms with Gasteiger partial charge < -0.3 is 9.84 Å². The van der Waals surface area contributed by atoms with Gasteiger partial charge in [0.05, 0.1) is 13.3 Å². The Bertz CT molecular complexity index is 367. The number of rotatable bonds is 4. The van der Waals surface area contributed by atoms with Crippen molar-refractivity contribution in [2.75, 3.05) is 7.11 Å². The van der Waals surface area contributed by atoms with Crippen LogP contribution in [0.1, 0.15) is 38.8 Å². The summed E-state index contributed by atoms with van der Waals surface area (Å²) in [7, 11) is 1.63. The van der Waals surface area contributed by atoms with Crippen molar-refractivity contribution in [1.29, 1.82) is 0 Å². The fraction of sp³-hybridized carbons (Fsp3) is 0.750. The second-order valence-corrected chi connectivity index (χ2v) is 4.83. The Kier molecular flexibility index (Phi) is 2.93. The molecule has 4 heteroatoms. The topological polar surface area (TPSA) is 47.3 Å². The molecule has 1 aliphatic carbocycles. The molecule has 90 valence electrons. The van der Waals surface area contributed by atoms with Crippen LogP contribution in [-0.4, -0.2) is 22.0 Å². The summed E-state index contributed by atoms with van der Waals surface area (Å²) in [6.07, 6.45) is 4.31. The molecule has 1 saturated carbocycles. The number of nitrogens with zero attached hydrogens (tertiary/aromatic N) is 2. The largest absolute Gasteiger partial charge is 0.493 e. The van der Waals surface area contributed by atoms with E-state index in [4.69, 9.17) is 4.74 Å². The number of methoxy groups -OCH3 is 1. The minimum Gasteiger partial charge on any atom is -0.493 e. The van der Waals surface area contributed by atoms with Crippen LogP contribution in [0.15, 0.2) is 6.20 Å². The van der Waals surface area contributed by atoms with Crippen LogP contribution >= 0.6 is 0 Å². The van der Waals surface area contributed by atoms with Gasteiger partial charge >= 0.3 is 0 Å². The zero-order chi connectivity index (χ0) is 11.8. The Morgan fingerprint density at radius 1 is 1.62 bits per heavy atom. The van der Waals surface area contributed by atoms with Gasteiger partial charge in [0.15, 0.2) is 5.75 Å². The van der Waals surface area contributed by atoms with Crippen molar-refractivity contribution in [2.24, 2.45) is 5.92 Å². The Hall–Kier alpha value is -1.03. The standard InChI is InChI=1S/C12H20N2O2/c1-4-5-14-11(10(16-3)8-13-14)12(15)6-9(2)7-12/h8-9,15H,4-7H2,1-3H3. The highest BCUT2D eigenvalue weighted by Crippen LogP contribution is 2.48. The summed E-state index contributed by atoms with van der Waals surface area (Å²) < 4.78 is 7.17. The van der Waals surface area contributed by atoms with Gasteiger partial charge in [-0.15, -0.1) is 0 Å². The highest BCUT2D eigenvalue weighted by atomic mass is 16.5. The molecular weight excluding hydrogens is 204 g/mol. The molecule has 0 aliphatic heterocycles. The predicted molar refractivity (Wildman–Crippen MR) is 61.4 cm³/mol. The second-order valence-electron chi connectivity index (χ2n) is 4.83. The van der Waals surface area contributed by atoms with E-state index in [1.54, 1.807) is 13.3 Å². The zero-order valence-electron chi connectivity index (χ0n) is 10.2. The molecule has 1 heterocycles. The number of aliphatic hydroxyl groups is 1. The molecule has 1 N–H and O–H groups in total. The molecule has 0 spiro atoms. The normalized spacial score (nSPS) is 28.9. The third-order valence-corrected chi connectivity index (χ3v) is 3.27. The van der Waals surface area contributed by atoms with E-state index >= 15 is 0 Å². The Labute approximate surface area is 96.2 Å². The van der Waals surface area contributed by atoms with E-state index in [0.29, 0.717) is 11.7 Å². The number of hydrogen-bond donors (Lipinski definition) is 1. The quantitative estimate of drug-likeness (QED) is 0.850. The molecule has 0 radical (unpaired) electrons. The molecule has 0 bridgehead atoms. The first-order valence-corrected chi connectivity index (χ1v) is 5.93. The van der Waals surface area contributed by atoms with Crippen LogP contribution in [-0.2, 0) is 12.1 Å². The zero-order valence-corrected chi connectivity index (χ0v) is 10.2. The maximum atomic E-state index is 10.5. The van der Waals surface area contributed by atoms with Crippen molar-refractivity contribution in [1.82, 2.24) is 9.78 Å². The first-order valence-electron chi connectivity index (χ1n) is 5.93. The van der Waals surface area contributed by atoms with Gasteiger partial charge in [-0.05, 0) is 25.2 Å². The fourth-order valence-corrected chi connectivity index (χ4v) is 2.65. The maximum Gasteiger partial charge on any atom is 0.162 e. The first kappa shape index (κ1) is 11.5. The van der Waals surface area contributed by atoms with E-state index in [9.17, 15) is 5.11 Å². The molecule has 0 aromatic carbocycles. The Morgan fingerprint density at radius 2 is 2.31 bits per heavy atom. The summed E-state index contributed by atoms with van der Waals surface area (Å²) in [5.74, 6) is 1.29. The van der Waals surface area contributed by atoms with Crippen LogP contribution in [0.4, 0.5) is 0 Å². The minimum atomic E-state index is -0.726. The number of aryl methyl sites for hydroxylation is 1. The van der Waals surface area contributed by atoms with Gasteiger partial charge in [-0.2, -0.15) is 5.10 Å². The number of ether oxygens (including phenoxy) is 1. The van der Waals surface area contributed by atoms with Gasteiger partial charge in [0.25, 0.3) is 0 Å². The molecule has 0 saturated heterocycles. The van der Waals surface area contributed by atoms with Gasteiger partial charge in [-0.1, -0.05) is 13.8 Å². The van der Waals surface area contributed by atoms with Crippen LogP contribution < -0.4 is 4.74 Å². The third kappa shape index (κ3) is 1.71. The lowest BCUT2D eigenvalue weighted by atomic mass is 9.70. The van der Waals surface area contributed by atoms with Gasteiger partial charge in [0.2, 0.25) is 0 Å². The molecule has 16 heavy (non-hydrogen) atoms. The summed E-state index contributed by atoms with van der Waals surface area (Å²) in [5, 5.41) is 14.8. The molecule has 0 unspecified atom stereocenters.